The molecule has 0 aliphatic heterocycles. The molecule has 1 aromatic rings. The molecule has 0 fully saturated rings. The highest BCUT2D eigenvalue weighted by atomic mass is 32.2. The molecule has 2 atom stereocenters. The molecule has 1 rings (SSSR count). The van der Waals surface area contributed by atoms with Gasteiger partial charge in [-0.1, -0.05) is 41.4 Å². The van der Waals surface area contributed by atoms with Crippen molar-refractivity contribution >= 4 is 28.7 Å². The number of likely N-dealkylation sites (N-methyl/N-ethyl adjacent to an activating group) is 1. The first-order chi connectivity index (χ1) is 11.7. The number of hydrogen-bond acceptors (Lipinski definition) is 7. The van der Waals surface area contributed by atoms with E-state index in [1.807, 2.05) is 0 Å². The zero-order chi connectivity index (χ0) is 19.0. The minimum absolute atomic E-state index is 0.0983. The van der Waals surface area contributed by atoms with Gasteiger partial charge in [-0.3, -0.25) is 14.4 Å². The molecule has 25 heavy (non-hydrogen) atoms. The second-order valence-electron chi connectivity index (χ2n) is 5.34. The monoisotopic (exact) mass is 371 g/mol. The van der Waals surface area contributed by atoms with E-state index in [1.165, 1.54) is 11.8 Å². The van der Waals surface area contributed by atoms with Crippen LogP contribution < -0.4 is 10.7 Å². The molecule has 0 aromatic heterocycles. The van der Waals surface area contributed by atoms with Gasteiger partial charge in [0.1, 0.15) is 12.6 Å². The average Bonchev–Trinajstić information content (AvgIpc) is 2.55. The predicted octanol–water partition coefficient (Wildman–Crippen LogP) is -0.644. The Bertz CT molecular complexity index is 606. The Morgan fingerprint density at radius 3 is 2.40 bits per heavy atom. The zero-order valence-corrected chi connectivity index (χ0v) is 15.0. The SMILES string of the molecule is CC(=O)N[C@@H](CSC(=O)c1ccc(CO[NH+]([O-])O)cc1)C(=O)N(C)C. The van der Waals surface area contributed by atoms with E-state index in [0.29, 0.717) is 11.1 Å². The molecule has 9 nitrogen and oxygen atoms in total. The minimum Gasteiger partial charge on any atom is -0.566 e. The first kappa shape index (κ1) is 21.1. The van der Waals surface area contributed by atoms with Crippen molar-refractivity contribution in [3.8, 4) is 0 Å². The number of thioether (sulfide) groups is 1. The first-order valence-corrected chi connectivity index (χ1v) is 8.29. The summed E-state index contributed by atoms with van der Waals surface area (Å²) in [7, 11) is 3.14. The molecule has 0 radical (unpaired) electrons. The van der Waals surface area contributed by atoms with Crippen molar-refractivity contribution < 1.29 is 29.8 Å². The van der Waals surface area contributed by atoms with Crippen molar-refractivity contribution in [1.29, 1.82) is 0 Å². The van der Waals surface area contributed by atoms with E-state index in [4.69, 9.17) is 5.21 Å². The number of nitrogens with zero attached hydrogens (tertiary/aromatic N) is 1. The standard InChI is InChI=1S/C15H21N3O6S/c1-10(19)16-13(14(20)17(2)3)9-25-15(21)12-6-4-11(5-7-12)8-24-18(22)23/h4-7,13,18,22H,8-9H2,1-3H3,(H,16,19)/t13-/m0/s1. The molecule has 3 N–H and O–H groups in total. The van der Waals surface area contributed by atoms with Gasteiger partial charge < -0.3 is 15.4 Å². The van der Waals surface area contributed by atoms with Gasteiger partial charge in [0.05, 0.1) is 0 Å². The van der Waals surface area contributed by atoms with Gasteiger partial charge >= 0.3 is 0 Å². The molecular formula is C15H21N3O6S. The molecule has 2 amide bonds. The summed E-state index contributed by atoms with van der Waals surface area (Å²) in [4.78, 5) is 41.2. The van der Waals surface area contributed by atoms with Gasteiger partial charge in [0, 0.05) is 32.3 Å². The smallest absolute Gasteiger partial charge is 0.245 e. The first-order valence-electron chi connectivity index (χ1n) is 7.30. The van der Waals surface area contributed by atoms with E-state index in [9.17, 15) is 19.6 Å². The Labute approximate surface area is 149 Å². The maximum absolute atomic E-state index is 12.2. The molecule has 138 valence electrons. The fourth-order valence-corrected chi connectivity index (χ4v) is 2.70. The number of amides is 2. The fraction of sp³-hybridized carbons (Fsp3) is 0.400. The molecular weight excluding hydrogens is 350 g/mol. The molecule has 0 bridgehead atoms. The van der Waals surface area contributed by atoms with E-state index in [0.717, 1.165) is 11.8 Å². The highest BCUT2D eigenvalue weighted by molar-refractivity contribution is 8.14. The zero-order valence-electron chi connectivity index (χ0n) is 14.1. The van der Waals surface area contributed by atoms with Crippen molar-refractivity contribution in [3.05, 3.63) is 40.6 Å². The van der Waals surface area contributed by atoms with Gasteiger partial charge in [-0.15, -0.1) is 0 Å². The lowest BCUT2D eigenvalue weighted by Crippen LogP contribution is -3.03. The van der Waals surface area contributed by atoms with Crippen LogP contribution in [0.5, 0.6) is 0 Å². The summed E-state index contributed by atoms with van der Waals surface area (Å²) in [5, 5.41) is 19.7. The quantitative estimate of drug-likeness (QED) is 0.519. The number of quaternary nitrogens is 1. The van der Waals surface area contributed by atoms with Crippen LogP contribution >= 0.6 is 11.8 Å². The van der Waals surface area contributed by atoms with E-state index >= 15 is 0 Å². The largest absolute Gasteiger partial charge is 0.566 e. The van der Waals surface area contributed by atoms with E-state index in [1.54, 1.807) is 38.4 Å². The summed E-state index contributed by atoms with van der Waals surface area (Å²) in [6, 6.07) is 5.50. The molecule has 1 aromatic carbocycles. The van der Waals surface area contributed by atoms with Gasteiger partial charge in [0.15, 0.2) is 0 Å². The summed E-state index contributed by atoms with van der Waals surface area (Å²) >= 11 is 0.923. The predicted molar refractivity (Wildman–Crippen MR) is 90.4 cm³/mol. The van der Waals surface area contributed by atoms with Crippen LogP contribution in [0.2, 0.25) is 0 Å². The van der Waals surface area contributed by atoms with Crippen LogP contribution in [0.4, 0.5) is 0 Å². The normalized spacial score (nSPS) is 13.0. The number of hydrogen-bond donors (Lipinski definition) is 3. The van der Waals surface area contributed by atoms with Crippen LogP contribution in [0.1, 0.15) is 22.8 Å². The summed E-state index contributed by atoms with van der Waals surface area (Å²) in [5.41, 5.74) is 1.02. The van der Waals surface area contributed by atoms with Gasteiger partial charge in [0.25, 0.3) is 0 Å². The summed E-state index contributed by atoms with van der Waals surface area (Å²) < 4.78 is 0. The van der Waals surface area contributed by atoms with E-state index < -0.39 is 11.4 Å². The highest BCUT2D eigenvalue weighted by Crippen LogP contribution is 2.15. The third kappa shape index (κ3) is 7.63. The Hall–Kier alpha value is -1.98. The third-order valence-corrected chi connectivity index (χ3v) is 4.05. The van der Waals surface area contributed by atoms with Crippen LogP contribution in [0.25, 0.3) is 0 Å². The second kappa shape index (κ2) is 10.1. The third-order valence-electron chi connectivity index (χ3n) is 3.05. The lowest BCUT2D eigenvalue weighted by atomic mass is 10.2. The molecule has 1 unspecified atom stereocenters. The van der Waals surface area contributed by atoms with Gasteiger partial charge in [-0.2, -0.15) is 10.0 Å². The molecule has 0 saturated carbocycles. The van der Waals surface area contributed by atoms with Crippen molar-refractivity contribution in [2.45, 2.75) is 19.6 Å². The molecule has 0 aliphatic carbocycles. The molecule has 10 heteroatoms. The second-order valence-corrected chi connectivity index (χ2v) is 6.33. The van der Waals surface area contributed by atoms with Gasteiger partial charge in [-0.05, 0) is 5.56 Å². The fourth-order valence-electron chi connectivity index (χ4n) is 1.86. The topological polar surface area (TPSA) is 123 Å². The summed E-state index contributed by atoms with van der Waals surface area (Å²) in [6.07, 6.45) is 0. The number of carbonyl (C=O) groups is 3. The lowest BCUT2D eigenvalue weighted by Gasteiger charge is -2.20. The Kier molecular flexibility index (Phi) is 8.52. The summed E-state index contributed by atoms with van der Waals surface area (Å²) in [6.45, 7) is 1.21. The Morgan fingerprint density at radius 2 is 1.92 bits per heavy atom. The number of rotatable bonds is 8. The average molecular weight is 371 g/mol. The van der Waals surface area contributed by atoms with Crippen LogP contribution in [0.15, 0.2) is 24.3 Å². The molecule has 0 spiro atoms. The minimum atomic E-state index is -1.37. The number of carbonyl (C=O) groups excluding carboxylic acids is 3. The molecule has 0 heterocycles. The maximum atomic E-state index is 12.2. The van der Waals surface area contributed by atoms with E-state index in [2.05, 4.69) is 10.2 Å². The molecule has 0 saturated heterocycles. The van der Waals surface area contributed by atoms with Crippen LogP contribution in [-0.2, 0) is 21.0 Å². The highest BCUT2D eigenvalue weighted by Gasteiger charge is 2.22. The van der Waals surface area contributed by atoms with Crippen LogP contribution in [-0.4, -0.2) is 52.9 Å². The van der Waals surface area contributed by atoms with Crippen LogP contribution in [0.3, 0.4) is 0 Å². The number of nitrogens with one attached hydrogen (secondary N) is 2. The van der Waals surface area contributed by atoms with Crippen molar-refractivity contribution in [3.63, 3.8) is 0 Å². The van der Waals surface area contributed by atoms with E-state index in [-0.39, 0.29) is 29.3 Å². The van der Waals surface area contributed by atoms with Gasteiger partial charge in [0.2, 0.25) is 16.9 Å². The Morgan fingerprint density at radius 1 is 1.32 bits per heavy atom. The summed E-state index contributed by atoms with van der Waals surface area (Å²) in [5.74, 6) is -0.535. The van der Waals surface area contributed by atoms with Crippen molar-refractivity contribution in [2.75, 3.05) is 19.8 Å². The lowest BCUT2D eigenvalue weighted by molar-refractivity contribution is -1.21. The van der Waals surface area contributed by atoms with Crippen molar-refractivity contribution in [1.82, 2.24) is 10.2 Å². The van der Waals surface area contributed by atoms with Crippen molar-refractivity contribution in [2.24, 2.45) is 0 Å². The number of benzene rings is 1. The molecule has 0 aliphatic rings. The van der Waals surface area contributed by atoms with Gasteiger partial charge in [-0.25, -0.2) is 0 Å². The van der Waals surface area contributed by atoms with Crippen LogP contribution in [0, 0.1) is 5.21 Å². The Balaban J connectivity index is 2.64. The maximum Gasteiger partial charge on any atom is 0.245 e.